The minimum Gasteiger partial charge on any atom is -0.468 e. The largest absolute Gasteiger partial charge is 0.468 e. The van der Waals surface area contributed by atoms with Gasteiger partial charge in [0.05, 0.1) is 25.6 Å². The van der Waals surface area contributed by atoms with Gasteiger partial charge in [0.15, 0.2) is 0 Å². The third-order valence-corrected chi connectivity index (χ3v) is 2.95. The molecule has 1 N–H and O–H groups in total. The molecule has 0 aliphatic rings. The maximum atomic E-state index is 11.9. The summed E-state index contributed by atoms with van der Waals surface area (Å²) in [6, 6.07) is 0. The summed E-state index contributed by atoms with van der Waals surface area (Å²) < 4.78 is 10.4. The van der Waals surface area contributed by atoms with Gasteiger partial charge < -0.3 is 14.8 Å². The monoisotopic (exact) mass is 303 g/mol. The topological polar surface area (TPSA) is 82.4 Å². The summed E-state index contributed by atoms with van der Waals surface area (Å²) in [6.45, 7) is 2.92. The molecule has 7 nitrogen and oxygen atoms in total. The van der Waals surface area contributed by atoms with E-state index < -0.39 is 11.5 Å². The lowest BCUT2D eigenvalue weighted by Gasteiger charge is -2.13. The average molecular weight is 304 g/mol. The number of rotatable bonds is 7. The Morgan fingerprint density at radius 3 is 2.85 bits per heavy atom. The summed E-state index contributed by atoms with van der Waals surface area (Å²) in [4.78, 5) is 23.0. The van der Waals surface area contributed by atoms with Gasteiger partial charge in [-0.25, -0.2) is 4.68 Å². The number of carbonyl (C=O) groups excluding carboxylic acids is 1. The van der Waals surface area contributed by atoms with Crippen molar-refractivity contribution in [2.75, 3.05) is 32.7 Å². The average Bonchev–Trinajstić information content (AvgIpc) is 2.43. The van der Waals surface area contributed by atoms with Crippen molar-refractivity contribution < 1.29 is 14.3 Å². The van der Waals surface area contributed by atoms with Crippen molar-refractivity contribution in [3.63, 3.8) is 0 Å². The van der Waals surface area contributed by atoms with Crippen LogP contribution in [-0.2, 0) is 20.8 Å². The molecule has 1 rings (SSSR count). The van der Waals surface area contributed by atoms with Crippen LogP contribution in [0.3, 0.4) is 0 Å². The van der Waals surface area contributed by atoms with E-state index in [-0.39, 0.29) is 17.5 Å². The van der Waals surface area contributed by atoms with Gasteiger partial charge in [-0.15, -0.1) is 0 Å². The lowest BCUT2D eigenvalue weighted by molar-refractivity contribution is -0.141. The highest BCUT2D eigenvalue weighted by molar-refractivity contribution is 6.32. The summed E-state index contributed by atoms with van der Waals surface area (Å²) in [6.07, 6.45) is 1.41. The lowest BCUT2D eigenvalue weighted by Crippen LogP contribution is -2.28. The highest BCUT2D eigenvalue weighted by Crippen LogP contribution is 2.15. The second kappa shape index (κ2) is 7.86. The van der Waals surface area contributed by atoms with Gasteiger partial charge >= 0.3 is 5.97 Å². The van der Waals surface area contributed by atoms with Crippen LogP contribution in [0.25, 0.3) is 0 Å². The van der Waals surface area contributed by atoms with E-state index in [0.29, 0.717) is 18.8 Å². The summed E-state index contributed by atoms with van der Waals surface area (Å²) in [5, 5.41) is 6.90. The Hall–Kier alpha value is -1.60. The highest BCUT2D eigenvalue weighted by Gasteiger charge is 2.12. The number of hydrogen-bond acceptors (Lipinski definition) is 6. The first kappa shape index (κ1) is 16.5. The van der Waals surface area contributed by atoms with Crippen LogP contribution in [0, 0.1) is 5.92 Å². The van der Waals surface area contributed by atoms with Crippen LogP contribution in [0.15, 0.2) is 11.0 Å². The van der Waals surface area contributed by atoms with Gasteiger partial charge in [0.25, 0.3) is 5.56 Å². The molecule has 1 unspecified atom stereocenters. The van der Waals surface area contributed by atoms with E-state index in [1.54, 1.807) is 7.11 Å². The molecule has 0 spiro atoms. The zero-order chi connectivity index (χ0) is 15.1. The van der Waals surface area contributed by atoms with Crippen molar-refractivity contribution in [1.82, 2.24) is 9.78 Å². The maximum Gasteiger partial charge on any atom is 0.327 e. The van der Waals surface area contributed by atoms with Crippen LogP contribution < -0.4 is 10.9 Å². The predicted molar refractivity (Wildman–Crippen MR) is 75.1 cm³/mol. The van der Waals surface area contributed by atoms with Crippen molar-refractivity contribution in [2.45, 2.75) is 13.5 Å². The fourth-order valence-electron chi connectivity index (χ4n) is 1.52. The first-order chi connectivity index (χ1) is 9.49. The molecule has 0 aliphatic heterocycles. The van der Waals surface area contributed by atoms with Crippen LogP contribution in [-0.4, -0.2) is 43.1 Å². The number of ether oxygens (including phenoxy) is 2. The molecule has 20 heavy (non-hydrogen) atoms. The Kier molecular flexibility index (Phi) is 6.47. The van der Waals surface area contributed by atoms with Crippen LogP contribution >= 0.6 is 11.6 Å². The van der Waals surface area contributed by atoms with Gasteiger partial charge in [-0.1, -0.05) is 18.5 Å². The molecule has 1 aromatic rings. The number of carbonyl (C=O) groups is 1. The summed E-state index contributed by atoms with van der Waals surface area (Å²) >= 11 is 5.97. The van der Waals surface area contributed by atoms with Crippen LogP contribution in [0.5, 0.6) is 0 Å². The Bertz CT molecular complexity index is 518. The van der Waals surface area contributed by atoms with Gasteiger partial charge in [0.1, 0.15) is 11.6 Å². The maximum absolute atomic E-state index is 11.9. The quantitative estimate of drug-likeness (QED) is 0.749. The van der Waals surface area contributed by atoms with Gasteiger partial charge in [-0.3, -0.25) is 9.59 Å². The number of nitrogens with one attached hydrogen (secondary N) is 1. The smallest absolute Gasteiger partial charge is 0.327 e. The molecule has 0 saturated carbocycles. The lowest BCUT2D eigenvalue weighted by atomic mass is 10.2. The van der Waals surface area contributed by atoms with Crippen LogP contribution in [0.1, 0.15) is 6.92 Å². The molecule has 1 atom stereocenters. The van der Waals surface area contributed by atoms with Crippen molar-refractivity contribution in [2.24, 2.45) is 5.92 Å². The van der Waals surface area contributed by atoms with E-state index in [2.05, 4.69) is 15.2 Å². The molecule has 0 saturated heterocycles. The zero-order valence-corrected chi connectivity index (χ0v) is 12.4. The van der Waals surface area contributed by atoms with Crippen molar-refractivity contribution in [1.29, 1.82) is 0 Å². The molecule has 0 fully saturated rings. The van der Waals surface area contributed by atoms with E-state index in [9.17, 15) is 9.59 Å². The number of aromatic nitrogens is 2. The van der Waals surface area contributed by atoms with Gasteiger partial charge in [-0.05, 0) is 5.92 Å². The zero-order valence-electron chi connectivity index (χ0n) is 11.7. The van der Waals surface area contributed by atoms with E-state index in [1.165, 1.54) is 13.3 Å². The normalized spacial score (nSPS) is 12.0. The van der Waals surface area contributed by atoms with Crippen LogP contribution in [0.2, 0.25) is 5.02 Å². The molecular weight excluding hydrogens is 286 g/mol. The molecule has 8 heteroatoms. The predicted octanol–water partition coefficient (Wildman–Crippen LogP) is 0.764. The highest BCUT2D eigenvalue weighted by atomic mass is 35.5. The molecule has 112 valence electrons. The first-order valence-corrected chi connectivity index (χ1v) is 6.42. The van der Waals surface area contributed by atoms with E-state index >= 15 is 0 Å². The molecular formula is C12H18ClN3O4. The second-order valence-electron chi connectivity index (χ2n) is 4.35. The van der Waals surface area contributed by atoms with Crippen molar-refractivity contribution in [3.05, 3.63) is 21.6 Å². The first-order valence-electron chi connectivity index (χ1n) is 6.04. The second-order valence-corrected chi connectivity index (χ2v) is 4.73. The molecule has 1 aromatic heterocycles. The fourth-order valence-corrected chi connectivity index (χ4v) is 1.73. The Morgan fingerprint density at radius 1 is 1.55 bits per heavy atom. The molecule has 0 radical (unpaired) electrons. The molecule has 0 bridgehead atoms. The summed E-state index contributed by atoms with van der Waals surface area (Å²) in [7, 11) is 2.86. The standard InChI is InChI=1S/C12H18ClN3O4/c1-8(7-19-2)4-14-9-5-15-16(6-10(17)20-3)12(18)11(9)13/h5,8,14H,4,6-7H2,1-3H3. The van der Waals surface area contributed by atoms with Crippen molar-refractivity contribution >= 4 is 23.3 Å². The minimum atomic E-state index is -0.565. The van der Waals surface area contributed by atoms with Gasteiger partial charge in [-0.2, -0.15) is 5.10 Å². The van der Waals surface area contributed by atoms with E-state index in [0.717, 1.165) is 4.68 Å². The van der Waals surface area contributed by atoms with Crippen LogP contribution in [0.4, 0.5) is 5.69 Å². The minimum absolute atomic E-state index is 0.00600. The van der Waals surface area contributed by atoms with Crippen molar-refractivity contribution in [3.8, 4) is 0 Å². The Morgan fingerprint density at radius 2 is 2.25 bits per heavy atom. The molecule has 0 aromatic carbocycles. The Balaban J connectivity index is 2.78. The SMILES string of the molecule is COCC(C)CNc1cnn(CC(=O)OC)c(=O)c1Cl. The van der Waals surface area contributed by atoms with E-state index in [1.807, 2.05) is 6.92 Å². The number of anilines is 1. The number of methoxy groups -OCH3 is 2. The third kappa shape index (κ3) is 4.50. The van der Waals surface area contributed by atoms with E-state index in [4.69, 9.17) is 16.3 Å². The summed E-state index contributed by atoms with van der Waals surface area (Å²) in [5.41, 5.74) is -0.109. The van der Waals surface area contributed by atoms with Gasteiger partial charge in [0, 0.05) is 13.7 Å². The number of halogens is 1. The number of hydrogen-bond donors (Lipinski definition) is 1. The van der Waals surface area contributed by atoms with Gasteiger partial charge in [0.2, 0.25) is 0 Å². The Labute approximate surface area is 121 Å². The molecule has 0 amide bonds. The third-order valence-electron chi connectivity index (χ3n) is 2.58. The number of nitrogens with zero attached hydrogens (tertiary/aromatic N) is 2. The molecule has 0 aliphatic carbocycles. The number of esters is 1. The molecule has 1 heterocycles. The fraction of sp³-hybridized carbons (Fsp3) is 0.583. The summed E-state index contributed by atoms with van der Waals surface area (Å²) in [5.74, 6) is -0.307.